The fourth-order valence-corrected chi connectivity index (χ4v) is 3.79. The molecule has 0 aliphatic heterocycles. The zero-order valence-corrected chi connectivity index (χ0v) is 18.6. The number of hydrogen-bond donors (Lipinski definition) is 0. The van der Waals surface area contributed by atoms with Gasteiger partial charge in [-0.15, -0.1) is 0 Å². The smallest absolute Gasteiger partial charge is 0.424 e. The summed E-state index contributed by atoms with van der Waals surface area (Å²) in [6.45, 7) is 0. The number of hydrogen-bond acceptors (Lipinski definition) is 4. The maximum atomic E-state index is 13.2. The molecule has 1 heterocycles. The third-order valence-corrected chi connectivity index (χ3v) is 5.57. The van der Waals surface area contributed by atoms with Crippen molar-refractivity contribution in [3.63, 3.8) is 0 Å². The van der Waals surface area contributed by atoms with Crippen molar-refractivity contribution >= 4 is 40.0 Å². The van der Waals surface area contributed by atoms with Crippen LogP contribution in [0.4, 0.5) is 16.2 Å². The lowest BCUT2D eigenvalue weighted by molar-refractivity contribution is 0.210. The molecule has 0 aliphatic rings. The Morgan fingerprint density at radius 3 is 2.03 bits per heavy atom. The highest BCUT2D eigenvalue weighted by Crippen LogP contribution is 2.28. The van der Waals surface area contributed by atoms with E-state index in [0.717, 1.165) is 0 Å². The molecule has 0 unspecified atom stereocenters. The molecule has 1 amide bonds. The lowest BCUT2D eigenvalue weighted by Gasteiger charge is -2.22. The van der Waals surface area contributed by atoms with Gasteiger partial charge >= 0.3 is 6.09 Å². The van der Waals surface area contributed by atoms with Crippen LogP contribution in [0, 0.1) is 0 Å². The van der Waals surface area contributed by atoms with E-state index in [0.29, 0.717) is 38.5 Å². The molecule has 0 spiro atoms. The van der Waals surface area contributed by atoms with Crippen molar-refractivity contribution in [3.8, 4) is 16.9 Å². The van der Waals surface area contributed by atoms with Crippen LogP contribution in [-0.2, 0) is 0 Å². The first-order valence-electron chi connectivity index (χ1n) is 10.5. The molecule has 0 N–H and O–H groups in total. The summed E-state index contributed by atoms with van der Waals surface area (Å²) in [7, 11) is 0. The van der Waals surface area contributed by atoms with E-state index in [1.54, 1.807) is 36.4 Å². The van der Waals surface area contributed by atoms with Crippen molar-refractivity contribution in [2.24, 2.45) is 0 Å². The molecule has 4 aromatic carbocycles. The van der Waals surface area contributed by atoms with Crippen LogP contribution in [0.2, 0.25) is 5.02 Å². The van der Waals surface area contributed by atoms with Gasteiger partial charge in [0.1, 0.15) is 17.6 Å². The van der Waals surface area contributed by atoms with Gasteiger partial charge in [0.15, 0.2) is 5.43 Å². The number of carbonyl (C=O) groups excluding carboxylic acids is 1. The van der Waals surface area contributed by atoms with Gasteiger partial charge in [-0.05, 0) is 54.1 Å². The topological polar surface area (TPSA) is 59.8 Å². The van der Waals surface area contributed by atoms with E-state index >= 15 is 0 Å². The Labute approximate surface area is 200 Å². The number of fused-ring (bicyclic) bond motifs is 1. The van der Waals surface area contributed by atoms with E-state index in [9.17, 15) is 9.59 Å². The summed E-state index contributed by atoms with van der Waals surface area (Å²) in [5.41, 5.74) is 2.60. The van der Waals surface area contributed by atoms with Gasteiger partial charge in [-0.25, -0.2) is 9.69 Å². The van der Waals surface area contributed by atoms with Crippen molar-refractivity contribution < 1.29 is 13.9 Å². The summed E-state index contributed by atoms with van der Waals surface area (Å²) in [6, 6.07) is 30.1. The van der Waals surface area contributed by atoms with Crippen LogP contribution in [0.3, 0.4) is 0 Å². The quantitative estimate of drug-likeness (QED) is 0.275. The molecule has 166 valence electrons. The van der Waals surface area contributed by atoms with Gasteiger partial charge in [0.2, 0.25) is 0 Å². The first kappa shape index (κ1) is 21.5. The second kappa shape index (κ2) is 9.25. The number of carbonyl (C=O) groups is 1. The Morgan fingerprint density at radius 2 is 1.41 bits per heavy atom. The molecule has 5 rings (SSSR count). The molecule has 0 radical (unpaired) electrons. The second-order valence-electron chi connectivity index (χ2n) is 7.52. The van der Waals surface area contributed by atoms with Crippen LogP contribution in [0.25, 0.3) is 22.1 Å². The molecule has 0 atom stereocenters. The molecular weight excluding hydrogens is 450 g/mol. The normalized spacial score (nSPS) is 10.7. The van der Waals surface area contributed by atoms with Crippen molar-refractivity contribution in [2.75, 3.05) is 4.90 Å². The Kier molecular flexibility index (Phi) is 5.85. The van der Waals surface area contributed by atoms with Gasteiger partial charge in [0, 0.05) is 11.1 Å². The van der Waals surface area contributed by atoms with Gasteiger partial charge in [-0.3, -0.25) is 4.79 Å². The average Bonchev–Trinajstić information content (AvgIpc) is 2.86. The number of benzene rings is 4. The standard InChI is InChI=1S/C28H18ClNO4/c29-20-13-11-19(12-14-20)25-18-33-26-17-23(15-16-24(26)27(25)31)34-28(32)30(21-7-3-1-4-8-21)22-9-5-2-6-10-22/h1-18H. The number of rotatable bonds is 4. The molecule has 1 aromatic heterocycles. The SMILES string of the molecule is O=C(Oc1ccc2c(=O)c(-c3ccc(Cl)cc3)coc2c1)N(c1ccccc1)c1ccccc1. The largest absolute Gasteiger partial charge is 0.463 e. The Morgan fingerprint density at radius 1 is 0.794 bits per heavy atom. The van der Waals surface area contributed by atoms with E-state index in [2.05, 4.69) is 0 Å². The highest BCUT2D eigenvalue weighted by atomic mass is 35.5. The fourth-order valence-electron chi connectivity index (χ4n) is 3.66. The summed E-state index contributed by atoms with van der Waals surface area (Å²) in [5, 5.41) is 0.968. The van der Waals surface area contributed by atoms with Crippen LogP contribution >= 0.6 is 11.6 Å². The van der Waals surface area contributed by atoms with Crippen molar-refractivity contribution in [1.29, 1.82) is 0 Å². The van der Waals surface area contributed by atoms with Gasteiger partial charge in [0.25, 0.3) is 0 Å². The minimum absolute atomic E-state index is 0.184. The van der Waals surface area contributed by atoms with E-state index in [1.165, 1.54) is 17.2 Å². The lowest BCUT2D eigenvalue weighted by atomic mass is 10.1. The van der Waals surface area contributed by atoms with Crippen LogP contribution < -0.4 is 15.1 Å². The van der Waals surface area contributed by atoms with E-state index in [4.69, 9.17) is 20.8 Å². The van der Waals surface area contributed by atoms with Gasteiger partial charge in [-0.1, -0.05) is 60.1 Å². The zero-order chi connectivity index (χ0) is 23.5. The zero-order valence-electron chi connectivity index (χ0n) is 17.9. The van der Waals surface area contributed by atoms with Crippen molar-refractivity contribution in [3.05, 3.63) is 125 Å². The average molecular weight is 468 g/mol. The van der Waals surface area contributed by atoms with Gasteiger partial charge in [-0.2, -0.15) is 0 Å². The maximum absolute atomic E-state index is 13.2. The van der Waals surface area contributed by atoms with E-state index < -0.39 is 6.09 Å². The lowest BCUT2D eigenvalue weighted by Crippen LogP contribution is -2.29. The Balaban J connectivity index is 1.47. The summed E-state index contributed by atoms with van der Waals surface area (Å²) in [4.78, 5) is 27.7. The molecule has 5 aromatic rings. The molecule has 6 heteroatoms. The Hall–Kier alpha value is -4.35. The Bertz CT molecular complexity index is 1470. The van der Waals surface area contributed by atoms with Crippen LogP contribution in [0.1, 0.15) is 0 Å². The molecular formula is C28H18ClNO4. The van der Waals surface area contributed by atoms with Gasteiger partial charge < -0.3 is 9.15 Å². The molecule has 0 fully saturated rings. The van der Waals surface area contributed by atoms with Crippen LogP contribution in [-0.4, -0.2) is 6.09 Å². The van der Waals surface area contributed by atoms with Crippen molar-refractivity contribution in [1.82, 2.24) is 0 Å². The van der Waals surface area contributed by atoms with Gasteiger partial charge in [0.05, 0.1) is 22.3 Å². The number of amides is 1. The van der Waals surface area contributed by atoms with Crippen LogP contribution in [0.15, 0.2) is 119 Å². The number of halogens is 1. The highest BCUT2D eigenvalue weighted by Gasteiger charge is 2.20. The maximum Gasteiger partial charge on any atom is 0.424 e. The number of ether oxygens (including phenoxy) is 1. The van der Waals surface area contributed by atoms with Crippen molar-refractivity contribution in [2.45, 2.75) is 0 Å². The second-order valence-corrected chi connectivity index (χ2v) is 7.95. The molecule has 34 heavy (non-hydrogen) atoms. The number of para-hydroxylation sites is 2. The molecule has 0 saturated carbocycles. The third kappa shape index (κ3) is 4.29. The summed E-state index contributed by atoms with van der Waals surface area (Å²) >= 11 is 5.95. The molecule has 0 aliphatic carbocycles. The first-order valence-corrected chi connectivity index (χ1v) is 10.9. The first-order chi connectivity index (χ1) is 16.6. The third-order valence-electron chi connectivity index (χ3n) is 5.32. The minimum atomic E-state index is -0.586. The highest BCUT2D eigenvalue weighted by molar-refractivity contribution is 6.30. The summed E-state index contributed by atoms with van der Waals surface area (Å²) in [5.74, 6) is 0.261. The summed E-state index contributed by atoms with van der Waals surface area (Å²) in [6.07, 6.45) is 0.816. The minimum Gasteiger partial charge on any atom is -0.463 e. The number of nitrogens with zero attached hydrogens (tertiary/aromatic N) is 1. The predicted octanol–water partition coefficient (Wildman–Crippen LogP) is 7.45. The van der Waals surface area contributed by atoms with E-state index in [1.807, 2.05) is 60.7 Å². The monoisotopic (exact) mass is 467 g/mol. The van der Waals surface area contributed by atoms with E-state index in [-0.39, 0.29) is 11.2 Å². The fraction of sp³-hybridized carbons (Fsp3) is 0. The molecule has 0 bridgehead atoms. The van der Waals surface area contributed by atoms with Crippen LogP contribution in [0.5, 0.6) is 5.75 Å². The molecule has 5 nitrogen and oxygen atoms in total. The molecule has 0 saturated heterocycles. The predicted molar refractivity (Wildman–Crippen MR) is 134 cm³/mol. The number of anilines is 2. The summed E-state index contributed by atoms with van der Waals surface area (Å²) < 4.78 is 11.4.